The summed E-state index contributed by atoms with van der Waals surface area (Å²) in [6, 6.07) is 16.0. The van der Waals surface area contributed by atoms with Crippen molar-refractivity contribution in [3.63, 3.8) is 0 Å². The third kappa shape index (κ3) is 5.26. The molecule has 0 aromatic heterocycles. The fraction of sp³-hybridized carbons (Fsp3) is 0.111. The zero-order chi connectivity index (χ0) is 17.4. The van der Waals surface area contributed by atoms with Gasteiger partial charge in [0.1, 0.15) is 5.75 Å². The molecule has 0 heterocycles. The first kappa shape index (κ1) is 17.2. The van der Waals surface area contributed by atoms with Crippen molar-refractivity contribution >= 4 is 23.6 Å². The van der Waals surface area contributed by atoms with Gasteiger partial charge in [0, 0.05) is 11.8 Å². The van der Waals surface area contributed by atoms with Crippen LogP contribution >= 0.6 is 0 Å². The maximum absolute atomic E-state index is 12.1. The lowest BCUT2D eigenvalue weighted by Gasteiger charge is -2.14. The van der Waals surface area contributed by atoms with Crippen LogP contribution in [-0.2, 0) is 9.59 Å². The SMILES string of the molecule is CC(Oc1ccc(/C=C/C(=O)NO)cc1)C(=O)Nc1ccccc1. The summed E-state index contributed by atoms with van der Waals surface area (Å²) in [6.45, 7) is 1.66. The van der Waals surface area contributed by atoms with Crippen LogP contribution in [0.1, 0.15) is 12.5 Å². The highest BCUT2D eigenvalue weighted by atomic mass is 16.5. The summed E-state index contributed by atoms with van der Waals surface area (Å²) in [7, 11) is 0. The molecule has 0 aliphatic rings. The number of carbonyl (C=O) groups excluding carboxylic acids is 2. The van der Waals surface area contributed by atoms with Gasteiger partial charge < -0.3 is 10.1 Å². The normalized spacial score (nSPS) is 11.8. The topological polar surface area (TPSA) is 87.7 Å². The van der Waals surface area contributed by atoms with E-state index in [-0.39, 0.29) is 5.91 Å². The van der Waals surface area contributed by atoms with Crippen LogP contribution in [0.15, 0.2) is 60.7 Å². The summed E-state index contributed by atoms with van der Waals surface area (Å²) in [5, 5.41) is 11.2. The van der Waals surface area contributed by atoms with E-state index in [1.165, 1.54) is 11.6 Å². The summed E-state index contributed by atoms with van der Waals surface area (Å²) in [5.41, 5.74) is 2.98. The van der Waals surface area contributed by atoms with Crippen LogP contribution in [0.25, 0.3) is 6.08 Å². The highest BCUT2D eigenvalue weighted by Gasteiger charge is 2.14. The number of benzene rings is 2. The largest absolute Gasteiger partial charge is 0.481 e. The summed E-state index contributed by atoms with van der Waals surface area (Å²) < 4.78 is 5.59. The number of rotatable bonds is 6. The quantitative estimate of drug-likeness (QED) is 0.432. The first-order valence-electron chi connectivity index (χ1n) is 7.33. The number of hydrogen-bond acceptors (Lipinski definition) is 4. The molecule has 0 radical (unpaired) electrons. The molecule has 2 aromatic carbocycles. The second-order valence-electron chi connectivity index (χ2n) is 4.99. The molecule has 0 spiro atoms. The van der Waals surface area contributed by atoms with E-state index in [4.69, 9.17) is 9.94 Å². The van der Waals surface area contributed by atoms with Gasteiger partial charge in [0.15, 0.2) is 6.10 Å². The first-order valence-corrected chi connectivity index (χ1v) is 7.33. The number of hydroxylamine groups is 1. The van der Waals surface area contributed by atoms with Gasteiger partial charge in [-0.05, 0) is 42.8 Å². The zero-order valence-electron chi connectivity index (χ0n) is 13.1. The number of carbonyl (C=O) groups is 2. The molecule has 6 nitrogen and oxygen atoms in total. The number of para-hydroxylation sites is 1. The molecule has 1 atom stereocenters. The Hall–Kier alpha value is -3.12. The lowest BCUT2D eigenvalue weighted by molar-refractivity contribution is -0.124. The van der Waals surface area contributed by atoms with Crippen LogP contribution in [0, 0.1) is 0 Å². The van der Waals surface area contributed by atoms with Crippen LogP contribution < -0.4 is 15.5 Å². The van der Waals surface area contributed by atoms with Gasteiger partial charge >= 0.3 is 0 Å². The van der Waals surface area contributed by atoms with E-state index in [9.17, 15) is 9.59 Å². The minimum atomic E-state index is -0.660. The molecular weight excluding hydrogens is 308 g/mol. The maximum Gasteiger partial charge on any atom is 0.267 e. The standard InChI is InChI=1S/C18H18N2O4/c1-13(18(22)19-15-5-3-2-4-6-15)24-16-10-7-14(8-11-16)9-12-17(21)20-23/h2-13,23H,1H3,(H,19,22)(H,20,21)/b12-9+. The molecule has 6 heteroatoms. The molecule has 2 rings (SSSR count). The molecule has 0 fully saturated rings. The van der Waals surface area contributed by atoms with Gasteiger partial charge in [-0.1, -0.05) is 30.3 Å². The van der Waals surface area contributed by atoms with Crippen molar-refractivity contribution in [1.29, 1.82) is 0 Å². The van der Waals surface area contributed by atoms with Gasteiger partial charge in [-0.15, -0.1) is 0 Å². The second-order valence-corrected chi connectivity index (χ2v) is 4.99. The molecule has 2 aromatic rings. The van der Waals surface area contributed by atoms with Crippen molar-refractivity contribution in [2.45, 2.75) is 13.0 Å². The number of amides is 2. The summed E-state index contributed by atoms with van der Waals surface area (Å²) in [5.74, 6) is -0.319. The third-order valence-corrected chi connectivity index (χ3v) is 3.14. The van der Waals surface area contributed by atoms with Crippen LogP contribution in [0.5, 0.6) is 5.75 Å². The van der Waals surface area contributed by atoms with Crippen molar-refractivity contribution in [3.05, 3.63) is 66.2 Å². The summed E-state index contributed by atoms with van der Waals surface area (Å²) in [6.07, 6.45) is 2.08. The highest BCUT2D eigenvalue weighted by Crippen LogP contribution is 2.15. The van der Waals surface area contributed by atoms with E-state index < -0.39 is 12.0 Å². The van der Waals surface area contributed by atoms with Gasteiger partial charge in [0.05, 0.1) is 0 Å². The van der Waals surface area contributed by atoms with Crippen LogP contribution in [0.4, 0.5) is 5.69 Å². The van der Waals surface area contributed by atoms with Gasteiger partial charge in [-0.3, -0.25) is 14.8 Å². The molecule has 24 heavy (non-hydrogen) atoms. The summed E-state index contributed by atoms with van der Waals surface area (Å²) >= 11 is 0. The average molecular weight is 326 g/mol. The van der Waals surface area contributed by atoms with Crippen molar-refractivity contribution in [2.24, 2.45) is 0 Å². The lowest BCUT2D eigenvalue weighted by atomic mass is 10.2. The van der Waals surface area contributed by atoms with Gasteiger partial charge in [0.25, 0.3) is 11.8 Å². The van der Waals surface area contributed by atoms with E-state index in [0.717, 1.165) is 5.56 Å². The van der Waals surface area contributed by atoms with Gasteiger partial charge in [-0.25, -0.2) is 5.48 Å². The Labute approximate surface area is 139 Å². The summed E-state index contributed by atoms with van der Waals surface area (Å²) in [4.78, 5) is 23.0. The smallest absolute Gasteiger partial charge is 0.267 e. The highest BCUT2D eigenvalue weighted by molar-refractivity contribution is 5.94. The number of nitrogens with one attached hydrogen (secondary N) is 2. The van der Waals surface area contributed by atoms with E-state index in [0.29, 0.717) is 11.4 Å². The van der Waals surface area contributed by atoms with E-state index in [1.54, 1.807) is 49.4 Å². The Bertz CT molecular complexity index is 712. The van der Waals surface area contributed by atoms with Crippen LogP contribution in [-0.4, -0.2) is 23.1 Å². The Morgan fingerprint density at radius 2 is 1.75 bits per heavy atom. The lowest BCUT2D eigenvalue weighted by Crippen LogP contribution is -2.30. The van der Waals surface area contributed by atoms with Crippen molar-refractivity contribution in [1.82, 2.24) is 5.48 Å². The Kier molecular flexibility index (Phi) is 6.10. The maximum atomic E-state index is 12.1. The van der Waals surface area contributed by atoms with Crippen molar-refractivity contribution < 1.29 is 19.5 Å². The molecule has 0 aliphatic heterocycles. The van der Waals surface area contributed by atoms with Crippen molar-refractivity contribution in [3.8, 4) is 5.75 Å². The van der Waals surface area contributed by atoms with E-state index >= 15 is 0 Å². The van der Waals surface area contributed by atoms with E-state index in [2.05, 4.69) is 5.32 Å². The molecule has 0 bridgehead atoms. The zero-order valence-corrected chi connectivity index (χ0v) is 13.1. The predicted octanol–water partition coefficient (Wildman–Crippen LogP) is 2.61. The van der Waals surface area contributed by atoms with Crippen LogP contribution in [0.3, 0.4) is 0 Å². The molecule has 0 saturated carbocycles. The third-order valence-electron chi connectivity index (χ3n) is 3.14. The molecule has 0 saturated heterocycles. The predicted molar refractivity (Wildman–Crippen MR) is 90.6 cm³/mol. The molecule has 124 valence electrons. The Morgan fingerprint density at radius 1 is 1.08 bits per heavy atom. The fourth-order valence-electron chi connectivity index (χ4n) is 1.89. The molecule has 3 N–H and O–H groups in total. The average Bonchev–Trinajstić information content (AvgIpc) is 2.61. The van der Waals surface area contributed by atoms with Crippen molar-refractivity contribution in [2.75, 3.05) is 5.32 Å². The fourth-order valence-corrected chi connectivity index (χ4v) is 1.89. The molecular formula is C18H18N2O4. The van der Waals surface area contributed by atoms with Gasteiger partial charge in [-0.2, -0.15) is 0 Å². The number of anilines is 1. The Balaban J connectivity index is 1.91. The molecule has 2 amide bonds. The first-order chi connectivity index (χ1) is 11.6. The molecule has 0 aliphatic carbocycles. The van der Waals surface area contributed by atoms with Gasteiger partial charge in [0.2, 0.25) is 0 Å². The Morgan fingerprint density at radius 3 is 2.38 bits per heavy atom. The minimum absolute atomic E-state index is 0.246. The number of hydrogen-bond donors (Lipinski definition) is 3. The van der Waals surface area contributed by atoms with Crippen LogP contribution in [0.2, 0.25) is 0 Å². The minimum Gasteiger partial charge on any atom is -0.481 e. The second kappa shape index (κ2) is 8.50. The monoisotopic (exact) mass is 326 g/mol. The number of ether oxygens (including phenoxy) is 1. The molecule has 1 unspecified atom stereocenters. The van der Waals surface area contributed by atoms with E-state index in [1.807, 2.05) is 18.2 Å².